The number of carbonyl (C=O) groups is 1. The van der Waals surface area contributed by atoms with Crippen LogP contribution in [0.2, 0.25) is 0 Å². The number of esters is 1. The van der Waals surface area contributed by atoms with Crippen LogP contribution >= 0.6 is 0 Å². The van der Waals surface area contributed by atoms with Crippen molar-refractivity contribution in [3.63, 3.8) is 0 Å². The van der Waals surface area contributed by atoms with E-state index in [1.165, 1.54) is 6.20 Å². The summed E-state index contributed by atoms with van der Waals surface area (Å²) in [7, 11) is 0. The third kappa shape index (κ3) is 1.64. The Morgan fingerprint density at radius 3 is 3.00 bits per heavy atom. The molecule has 66 valence electrons. The fourth-order valence-corrected chi connectivity index (χ4v) is 0.967. The van der Waals surface area contributed by atoms with Gasteiger partial charge in [-0.05, 0) is 13.3 Å². The van der Waals surface area contributed by atoms with Crippen LogP contribution in [0.1, 0.15) is 29.9 Å². The van der Waals surface area contributed by atoms with E-state index in [2.05, 4.69) is 10.2 Å². The molecule has 0 radical (unpaired) electrons. The molecule has 1 heterocycles. The Morgan fingerprint density at radius 1 is 1.67 bits per heavy atom. The summed E-state index contributed by atoms with van der Waals surface area (Å²) >= 11 is 0. The van der Waals surface area contributed by atoms with E-state index in [-0.39, 0.29) is 5.97 Å². The first-order valence-electron chi connectivity index (χ1n) is 3.99. The quantitative estimate of drug-likeness (QED) is 0.689. The molecule has 12 heavy (non-hydrogen) atoms. The van der Waals surface area contributed by atoms with Gasteiger partial charge in [0.1, 0.15) is 5.56 Å². The lowest BCUT2D eigenvalue weighted by Crippen LogP contribution is -2.05. The topological polar surface area (TPSA) is 55.0 Å². The average Bonchev–Trinajstić information content (AvgIpc) is 2.51. The summed E-state index contributed by atoms with van der Waals surface area (Å²) in [4.78, 5) is 11.2. The third-order valence-electron chi connectivity index (χ3n) is 1.57. The van der Waals surface area contributed by atoms with E-state index in [4.69, 9.17) is 4.74 Å². The maximum absolute atomic E-state index is 11.2. The molecule has 0 amide bonds. The van der Waals surface area contributed by atoms with Crippen molar-refractivity contribution in [1.29, 1.82) is 0 Å². The molecular weight excluding hydrogens is 156 g/mol. The molecule has 4 heteroatoms. The highest BCUT2D eigenvalue weighted by atomic mass is 16.5. The number of aromatic amines is 1. The van der Waals surface area contributed by atoms with Gasteiger partial charge in [-0.25, -0.2) is 4.79 Å². The van der Waals surface area contributed by atoms with Crippen molar-refractivity contribution < 1.29 is 9.53 Å². The minimum absolute atomic E-state index is 0.303. The van der Waals surface area contributed by atoms with E-state index in [1.807, 2.05) is 6.92 Å². The Labute approximate surface area is 70.9 Å². The van der Waals surface area contributed by atoms with Gasteiger partial charge in [-0.2, -0.15) is 5.10 Å². The molecule has 0 aliphatic rings. The largest absolute Gasteiger partial charge is 0.462 e. The van der Waals surface area contributed by atoms with Crippen molar-refractivity contribution in [1.82, 2.24) is 10.2 Å². The summed E-state index contributed by atoms with van der Waals surface area (Å²) in [5.41, 5.74) is 1.37. The molecule has 0 unspecified atom stereocenters. The fourth-order valence-electron chi connectivity index (χ4n) is 0.967. The Hall–Kier alpha value is -1.32. The van der Waals surface area contributed by atoms with Gasteiger partial charge in [0.25, 0.3) is 0 Å². The van der Waals surface area contributed by atoms with Crippen LogP contribution in [0.4, 0.5) is 0 Å². The lowest BCUT2D eigenvalue weighted by Gasteiger charge is -1.99. The van der Waals surface area contributed by atoms with Gasteiger partial charge >= 0.3 is 5.97 Å². The normalized spacial score (nSPS) is 9.83. The highest BCUT2D eigenvalue weighted by Gasteiger charge is 2.12. The van der Waals surface area contributed by atoms with E-state index in [1.54, 1.807) is 6.92 Å². The standard InChI is InChI=1S/C8H12N2O2/c1-3-7-6(5-9-10-7)8(11)12-4-2/h5H,3-4H2,1-2H3,(H,9,10). The molecule has 0 aliphatic heterocycles. The fraction of sp³-hybridized carbons (Fsp3) is 0.500. The van der Waals surface area contributed by atoms with Crippen LogP contribution in [0.3, 0.4) is 0 Å². The number of H-pyrrole nitrogens is 1. The van der Waals surface area contributed by atoms with Crippen LogP contribution in [-0.2, 0) is 11.2 Å². The molecular formula is C8H12N2O2. The van der Waals surface area contributed by atoms with Gasteiger partial charge in [0.15, 0.2) is 0 Å². The highest BCUT2D eigenvalue weighted by Crippen LogP contribution is 2.06. The molecule has 1 aromatic heterocycles. The molecule has 1 aromatic rings. The summed E-state index contributed by atoms with van der Waals surface area (Å²) in [6.45, 7) is 4.13. The molecule has 4 nitrogen and oxygen atoms in total. The molecule has 1 N–H and O–H groups in total. The predicted molar refractivity (Wildman–Crippen MR) is 43.9 cm³/mol. The van der Waals surface area contributed by atoms with Crippen LogP contribution < -0.4 is 0 Å². The van der Waals surface area contributed by atoms with Crippen molar-refractivity contribution in [3.8, 4) is 0 Å². The Bertz CT molecular complexity index is 268. The molecule has 0 aromatic carbocycles. The van der Waals surface area contributed by atoms with E-state index in [9.17, 15) is 4.79 Å². The SMILES string of the molecule is CCOC(=O)c1cn[nH]c1CC. The maximum atomic E-state index is 11.2. The van der Waals surface area contributed by atoms with Crippen LogP contribution in [0.5, 0.6) is 0 Å². The number of carbonyl (C=O) groups excluding carboxylic acids is 1. The Balaban J connectivity index is 2.79. The Kier molecular flexibility index (Phi) is 2.85. The molecule has 0 saturated carbocycles. The molecule has 0 spiro atoms. The van der Waals surface area contributed by atoms with Crippen molar-refractivity contribution >= 4 is 5.97 Å². The summed E-state index contributed by atoms with van der Waals surface area (Å²) in [6.07, 6.45) is 2.25. The number of hydrogen-bond acceptors (Lipinski definition) is 3. The number of nitrogens with one attached hydrogen (secondary N) is 1. The highest BCUT2D eigenvalue weighted by molar-refractivity contribution is 5.90. The van der Waals surface area contributed by atoms with Gasteiger partial charge in [0.2, 0.25) is 0 Å². The van der Waals surface area contributed by atoms with Gasteiger partial charge in [-0.15, -0.1) is 0 Å². The van der Waals surface area contributed by atoms with Gasteiger partial charge < -0.3 is 4.74 Å². The lowest BCUT2D eigenvalue weighted by molar-refractivity contribution is 0.0525. The zero-order chi connectivity index (χ0) is 8.97. The second-order valence-electron chi connectivity index (χ2n) is 2.34. The lowest BCUT2D eigenvalue weighted by atomic mass is 10.2. The van der Waals surface area contributed by atoms with Crippen molar-refractivity contribution in [3.05, 3.63) is 17.5 Å². The van der Waals surface area contributed by atoms with Crippen molar-refractivity contribution in [2.24, 2.45) is 0 Å². The van der Waals surface area contributed by atoms with Crippen LogP contribution in [0, 0.1) is 0 Å². The number of hydrogen-bond donors (Lipinski definition) is 1. The van der Waals surface area contributed by atoms with E-state index >= 15 is 0 Å². The van der Waals surface area contributed by atoms with Crippen molar-refractivity contribution in [2.45, 2.75) is 20.3 Å². The second kappa shape index (κ2) is 3.90. The first-order valence-corrected chi connectivity index (χ1v) is 3.99. The predicted octanol–water partition coefficient (Wildman–Crippen LogP) is 1.15. The van der Waals surface area contributed by atoms with Crippen LogP contribution in [0.25, 0.3) is 0 Å². The van der Waals surface area contributed by atoms with E-state index < -0.39 is 0 Å². The van der Waals surface area contributed by atoms with Gasteiger partial charge in [0.05, 0.1) is 12.8 Å². The molecule has 0 saturated heterocycles. The minimum atomic E-state index is -0.303. The second-order valence-corrected chi connectivity index (χ2v) is 2.34. The molecule has 0 fully saturated rings. The number of nitrogens with zero attached hydrogens (tertiary/aromatic N) is 1. The summed E-state index contributed by atoms with van der Waals surface area (Å²) in [5.74, 6) is -0.303. The van der Waals surface area contributed by atoms with Gasteiger partial charge in [-0.3, -0.25) is 5.10 Å². The first kappa shape index (κ1) is 8.77. The number of rotatable bonds is 3. The maximum Gasteiger partial charge on any atom is 0.341 e. The first-order chi connectivity index (χ1) is 5.79. The zero-order valence-corrected chi connectivity index (χ0v) is 7.26. The van der Waals surface area contributed by atoms with Gasteiger partial charge in [0, 0.05) is 5.69 Å². The number of ether oxygens (including phenoxy) is 1. The summed E-state index contributed by atoms with van der Waals surface area (Å²) in [5, 5.41) is 6.51. The monoisotopic (exact) mass is 168 g/mol. The summed E-state index contributed by atoms with van der Waals surface area (Å²) in [6, 6.07) is 0. The summed E-state index contributed by atoms with van der Waals surface area (Å²) < 4.78 is 4.83. The average molecular weight is 168 g/mol. The van der Waals surface area contributed by atoms with Crippen molar-refractivity contribution in [2.75, 3.05) is 6.61 Å². The van der Waals surface area contributed by atoms with E-state index in [0.29, 0.717) is 12.2 Å². The molecule has 0 bridgehead atoms. The smallest absolute Gasteiger partial charge is 0.341 e. The molecule has 1 rings (SSSR count). The van der Waals surface area contributed by atoms with Gasteiger partial charge in [-0.1, -0.05) is 6.92 Å². The number of aryl methyl sites for hydroxylation is 1. The molecule has 0 aliphatic carbocycles. The zero-order valence-electron chi connectivity index (χ0n) is 7.26. The van der Waals surface area contributed by atoms with Crippen LogP contribution in [0.15, 0.2) is 6.20 Å². The van der Waals surface area contributed by atoms with E-state index in [0.717, 1.165) is 12.1 Å². The molecule has 0 atom stereocenters. The minimum Gasteiger partial charge on any atom is -0.462 e. The third-order valence-corrected chi connectivity index (χ3v) is 1.57. The number of aromatic nitrogens is 2. The van der Waals surface area contributed by atoms with Crippen LogP contribution in [-0.4, -0.2) is 22.8 Å². The Morgan fingerprint density at radius 2 is 2.42 bits per heavy atom.